The van der Waals surface area contributed by atoms with E-state index in [9.17, 15) is 24.3 Å². The van der Waals surface area contributed by atoms with Crippen LogP contribution in [0.4, 0.5) is 0 Å². The van der Waals surface area contributed by atoms with Gasteiger partial charge in [-0.25, -0.2) is 0 Å². The van der Waals surface area contributed by atoms with E-state index in [2.05, 4.69) is 5.32 Å². The lowest BCUT2D eigenvalue weighted by Crippen LogP contribution is -2.57. The van der Waals surface area contributed by atoms with Crippen LogP contribution >= 0.6 is 0 Å². The number of aliphatic hydroxyl groups is 1. The first-order chi connectivity index (χ1) is 21.3. The van der Waals surface area contributed by atoms with Crippen molar-refractivity contribution in [3.63, 3.8) is 0 Å². The summed E-state index contributed by atoms with van der Waals surface area (Å²) >= 11 is 0. The van der Waals surface area contributed by atoms with E-state index in [-0.39, 0.29) is 31.4 Å². The largest absolute Gasteiger partial charge is 0.455 e. The summed E-state index contributed by atoms with van der Waals surface area (Å²) in [5.41, 5.74) is -0.789. The van der Waals surface area contributed by atoms with Crippen molar-refractivity contribution < 1.29 is 38.5 Å². The summed E-state index contributed by atoms with van der Waals surface area (Å²) in [5, 5.41) is 13.1. The van der Waals surface area contributed by atoms with Crippen LogP contribution < -0.4 is 5.32 Å². The third-order valence-electron chi connectivity index (χ3n) is 9.10. The molecule has 11 nitrogen and oxygen atoms in total. The minimum atomic E-state index is -1.44. The molecule has 2 saturated heterocycles. The highest BCUT2D eigenvalue weighted by molar-refractivity contribution is 5.99. The zero-order chi connectivity index (χ0) is 31.4. The Bertz CT molecular complexity index is 1280. The average molecular weight is 610 g/mol. The Morgan fingerprint density at radius 3 is 2.61 bits per heavy atom. The van der Waals surface area contributed by atoms with Gasteiger partial charge in [-0.1, -0.05) is 68.0 Å². The second kappa shape index (κ2) is 13.6. The predicted octanol–water partition coefficient (Wildman–Crippen LogP) is 1.91. The van der Waals surface area contributed by atoms with Crippen molar-refractivity contribution in [3.05, 3.63) is 60.2 Å². The molecular weight excluding hydrogens is 566 g/mol. The Kier molecular flexibility index (Phi) is 9.87. The monoisotopic (exact) mass is 609 g/mol. The molecule has 0 aromatic heterocycles. The SMILES string of the molecule is CCCCN1CC=C[C@@]23O[C@H]4/C=C\CCC(=O)N[C@@H](COC)[C@H](c5ccccc5)OC(=O)[C@H]4[C@@H]2C(=O)N([C@H](C)CO)[C@H]3C1=O. The summed E-state index contributed by atoms with van der Waals surface area (Å²) in [5.74, 6) is -3.75. The van der Waals surface area contributed by atoms with Crippen molar-refractivity contribution in [2.75, 3.05) is 33.4 Å². The summed E-state index contributed by atoms with van der Waals surface area (Å²) in [6.45, 7) is 4.32. The molecule has 4 aliphatic rings. The Balaban J connectivity index is 1.60. The maximum absolute atomic E-state index is 14.4. The molecule has 0 unspecified atom stereocenters. The van der Waals surface area contributed by atoms with Gasteiger partial charge in [0.1, 0.15) is 23.7 Å². The first kappa shape index (κ1) is 31.9. The van der Waals surface area contributed by atoms with E-state index < -0.39 is 59.6 Å². The summed E-state index contributed by atoms with van der Waals surface area (Å²) < 4.78 is 18.4. The van der Waals surface area contributed by atoms with Crippen molar-refractivity contribution in [2.45, 2.75) is 75.5 Å². The van der Waals surface area contributed by atoms with Crippen LogP contribution in [0.1, 0.15) is 51.2 Å². The molecule has 2 N–H and O–H groups in total. The van der Waals surface area contributed by atoms with Crippen LogP contribution in [0, 0.1) is 11.8 Å². The number of methoxy groups -OCH3 is 1. The number of unbranched alkanes of at least 4 members (excludes halogenated alkanes) is 1. The fraction of sp³-hybridized carbons (Fsp3) is 0.576. The van der Waals surface area contributed by atoms with Crippen LogP contribution in [0.5, 0.6) is 0 Å². The molecular formula is C33H43N3O8. The van der Waals surface area contributed by atoms with Crippen LogP contribution in [0.15, 0.2) is 54.6 Å². The summed E-state index contributed by atoms with van der Waals surface area (Å²) in [4.78, 5) is 59.0. The predicted molar refractivity (Wildman–Crippen MR) is 160 cm³/mol. The highest BCUT2D eigenvalue weighted by atomic mass is 16.6. The molecule has 0 bridgehead atoms. The fourth-order valence-corrected chi connectivity index (χ4v) is 6.99. The fourth-order valence-electron chi connectivity index (χ4n) is 6.99. The smallest absolute Gasteiger partial charge is 0.313 e. The Labute approximate surface area is 258 Å². The number of carbonyl (C=O) groups is 4. The maximum atomic E-state index is 14.4. The van der Waals surface area contributed by atoms with Gasteiger partial charge in [0.15, 0.2) is 0 Å². The number of aliphatic hydroxyl groups excluding tert-OH is 1. The molecule has 238 valence electrons. The van der Waals surface area contributed by atoms with E-state index in [0.717, 1.165) is 12.8 Å². The van der Waals surface area contributed by atoms with E-state index in [4.69, 9.17) is 14.2 Å². The highest BCUT2D eigenvalue weighted by Crippen LogP contribution is 2.53. The van der Waals surface area contributed by atoms with E-state index >= 15 is 0 Å². The topological polar surface area (TPSA) is 135 Å². The number of hydrogen-bond acceptors (Lipinski definition) is 8. The highest BCUT2D eigenvalue weighted by Gasteiger charge is 2.72. The van der Waals surface area contributed by atoms with Gasteiger partial charge in [-0.15, -0.1) is 0 Å². The number of allylic oxidation sites excluding steroid dienone is 1. The first-order valence-corrected chi connectivity index (χ1v) is 15.5. The van der Waals surface area contributed by atoms with Gasteiger partial charge in [0.05, 0.1) is 37.3 Å². The molecule has 8 atom stereocenters. The van der Waals surface area contributed by atoms with E-state index in [1.807, 2.05) is 43.3 Å². The van der Waals surface area contributed by atoms with Gasteiger partial charge >= 0.3 is 5.97 Å². The molecule has 44 heavy (non-hydrogen) atoms. The third-order valence-corrected chi connectivity index (χ3v) is 9.10. The number of likely N-dealkylation sites (tertiary alicyclic amines) is 1. The molecule has 11 heteroatoms. The van der Waals surface area contributed by atoms with Gasteiger partial charge in [-0.05, 0) is 25.3 Å². The lowest BCUT2D eigenvalue weighted by molar-refractivity contribution is -0.163. The van der Waals surface area contributed by atoms with Crippen LogP contribution in [-0.2, 0) is 33.4 Å². The van der Waals surface area contributed by atoms with E-state index in [0.29, 0.717) is 25.1 Å². The van der Waals surface area contributed by atoms with Crippen LogP contribution in [0.25, 0.3) is 0 Å². The van der Waals surface area contributed by atoms with Crippen molar-refractivity contribution in [2.24, 2.45) is 11.8 Å². The quantitative estimate of drug-likeness (QED) is 0.337. The van der Waals surface area contributed by atoms with Crippen LogP contribution in [0.3, 0.4) is 0 Å². The van der Waals surface area contributed by atoms with Gasteiger partial charge in [-0.2, -0.15) is 0 Å². The van der Waals surface area contributed by atoms with Crippen molar-refractivity contribution in [3.8, 4) is 0 Å². The normalized spacial score (nSPS) is 33.7. The lowest BCUT2D eigenvalue weighted by atomic mass is 9.77. The molecule has 5 rings (SSSR count). The van der Waals surface area contributed by atoms with Gasteiger partial charge in [-0.3, -0.25) is 19.2 Å². The second-order valence-electron chi connectivity index (χ2n) is 12.0. The van der Waals surface area contributed by atoms with Gasteiger partial charge in [0.25, 0.3) is 0 Å². The number of cyclic esters (lactones) is 1. The number of ether oxygens (including phenoxy) is 3. The number of rotatable bonds is 8. The van der Waals surface area contributed by atoms with Crippen molar-refractivity contribution in [1.82, 2.24) is 15.1 Å². The second-order valence-corrected chi connectivity index (χ2v) is 12.0. The van der Waals surface area contributed by atoms with Crippen LogP contribution in [0.2, 0.25) is 0 Å². The summed E-state index contributed by atoms with van der Waals surface area (Å²) in [6.07, 6.45) is 7.55. The molecule has 4 heterocycles. The van der Waals surface area contributed by atoms with Gasteiger partial charge < -0.3 is 34.4 Å². The summed E-state index contributed by atoms with van der Waals surface area (Å²) in [6, 6.07) is 6.65. The maximum Gasteiger partial charge on any atom is 0.313 e. The standard InChI is InChI=1S/C33H43N3O8/c1-4-5-17-35-18-11-16-33-27(30(39)36(21(2)19-37)29(33)31(35)40)26-24(44-33)14-9-10-15-25(38)34-23(20-42-3)28(43-32(26)41)22-12-7-6-8-13-22/h6-9,11-14,16,21,23-24,26-29,37H,4-5,10,15,17-20H2,1-3H3,(H,34,38)/b14-9-/t21-,23+,24+,26-,27-,28+,29+,33-/m1/s1. The number of carbonyl (C=O) groups excluding carboxylic acids is 4. The minimum absolute atomic E-state index is 0.0833. The Hall–Kier alpha value is -3.54. The summed E-state index contributed by atoms with van der Waals surface area (Å²) in [7, 11) is 1.51. The Morgan fingerprint density at radius 1 is 1.14 bits per heavy atom. The third kappa shape index (κ3) is 5.80. The first-order valence-electron chi connectivity index (χ1n) is 15.5. The number of esters is 1. The molecule has 4 aliphatic heterocycles. The number of fused-ring (bicyclic) bond motifs is 2. The average Bonchev–Trinajstić information content (AvgIpc) is 3.42. The number of nitrogens with zero attached hydrogens (tertiary/aromatic N) is 2. The number of nitrogens with one attached hydrogen (secondary N) is 1. The molecule has 1 aromatic carbocycles. The minimum Gasteiger partial charge on any atom is -0.455 e. The van der Waals surface area contributed by atoms with E-state index in [1.54, 1.807) is 30.1 Å². The lowest BCUT2D eigenvalue weighted by Gasteiger charge is -2.37. The van der Waals surface area contributed by atoms with Crippen molar-refractivity contribution in [1.29, 1.82) is 0 Å². The molecule has 1 spiro atoms. The van der Waals surface area contributed by atoms with E-state index in [1.165, 1.54) is 12.0 Å². The molecule has 2 fully saturated rings. The van der Waals surface area contributed by atoms with Gasteiger partial charge in [0.2, 0.25) is 17.7 Å². The molecule has 0 radical (unpaired) electrons. The zero-order valence-corrected chi connectivity index (χ0v) is 25.6. The zero-order valence-electron chi connectivity index (χ0n) is 25.6. The molecule has 3 amide bonds. The number of benzene rings is 1. The molecule has 0 saturated carbocycles. The Morgan fingerprint density at radius 2 is 1.91 bits per heavy atom. The number of amides is 3. The van der Waals surface area contributed by atoms with Crippen LogP contribution in [-0.4, -0.2) is 102 Å². The number of hydrogen-bond donors (Lipinski definition) is 2. The van der Waals surface area contributed by atoms with Gasteiger partial charge in [0, 0.05) is 26.6 Å². The molecule has 0 aliphatic carbocycles. The van der Waals surface area contributed by atoms with Crippen molar-refractivity contribution >= 4 is 23.7 Å². The molecule has 1 aromatic rings.